The molecule has 1 aromatic carbocycles. The molecule has 1 aliphatic heterocycles. The van der Waals surface area contributed by atoms with E-state index in [4.69, 9.17) is 9.47 Å². The minimum absolute atomic E-state index is 0.0502. The minimum atomic E-state index is -0.611. The van der Waals surface area contributed by atoms with Gasteiger partial charge in [0.1, 0.15) is 10.6 Å². The Labute approximate surface area is 231 Å². The van der Waals surface area contributed by atoms with Crippen molar-refractivity contribution in [1.82, 2.24) is 4.90 Å². The fraction of sp³-hybridized carbons (Fsp3) is 0.481. The molecule has 11 heteroatoms. The molecule has 3 amide bonds. The Bertz CT molecular complexity index is 1190. The Balaban J connectivity index is 1.71. The SMILES string of the molecule is CCCC(=O)Nc1cccc(SCC(=O)Nc2sc3c(c2C(=O)OCC)CCN(C(=O)OC(C)(C)C)C3)c1. The first-order valence-corrected chi connectivity index (χ1v) is 14.4. The lowest BCUT2D eigenvalue weighted by Crippen LogP contribution is -2.39. The Morgan fingerprint density at radius 2 is 1.87 bits per heavy atom. The average Bonchev–Trinajstić information content (AvgIpc) is 3.19. The molecular weight excluding hydrogens is 526 g/mol. The van der Waals surface area contributed by atoms with Crippen molar-refractivity contribution < 1.29 is 28.7 Å². The van der Waals surface area contributed by atoms with Crippen LogP contribution in [0.3, 0.4) is 0 Å². The van der Waals surface area contributed by atoms with Crippen molar-refractivity contribution >= 4 is 57.7 Å². The maximum atomic E-state index is 12.9. The van der Waals surface area contributed by atoms with Crippen molar-refractivity contribution in [2.75, 3.05) is 29.5 Å². The fourth-order valence-electron chi connectivity index (χ4n) is 3.82. The number of fused-ring (bicyclic) bond motifs is 1. The molecule has 9 nitrogen and oxygen atoms in total. The van der Waals surface area contributed by atoms with Crippen molar-refractivity contribution in [1.29, 1.82) is 0 Å². The lowest BCUT2D eigenvalue weighted by molar-refractivity contribution is -0.116. The highest BCUT2D eigenvalue weighted by molar-refractivity contribution is 8.00. The van der Waals surface area contributed by atoms with E-state index in [0.717, 1.165) is 21.8 Å². The molecule has 0 bridgehead atoms. The van der Waals surface area contributed by atoms with E-state index < -0.39 is 17.7 Å². The van der Waals surface area contributed by atoms with Gasteiger partial charge in [-0.1, -0.05) is 13.0 Å². The maximum Gasteiger partial charge on any atom is 0.410 e. The van der Waals surface area contributed by atoms with E-state index in [2.05, 4.69) is 10.6 Å². The number of carbonyl (C=O) groups is 4. The number of nitrogens with one attached hydrogen (secondary N) is 2. The summed E-state index contributed by atoms with van der Waals surface area (Å²) in [6.07, 6.45) is 1.26. The normalized spacial score (nSPS) is 12.9. The van der Waals surface area contributed by atoms with Gasteiger partial charge in [0.05, 0.1) is 24.5 Å². The van der Waals surface area contributed by atoms with E-state index >= 15 is 0 Å². The van der Waals surface area contributed by atoms with Gasteiger partial charge in [-0.15, -0.1) is 23.1 Å². The zero-order valence-corrected chi connectivity index (χ0v) is 24.1. The maximum absolute atomic E-state index is 12.9. The number of ether oxygens (including phenoxy) is 2. The molecule has 0 spiro atoms. The number of hydrogen-bond acceptors (Lipinski definition) is 8. The summed E-state index contributed by atoms with van der Waals surface area (Å²) in [5.74, 6) is -0.704. The van der Waals surface area contributed by atoms with Crippen LogP contribution in [0.2, 0.25) is 0 Å². The van der Waals surface area contributed by atoms with Crippen LogP contribution in [0.5, 0.6) is 0 Å². The third kappa shape index (κ3) is 8.22. The second-order valence-electron chi connectivity index (χ2n) is 9.74. The number of nitrogens with zero attached hydrogens (tertiary/aromatic N) is 1. The molecule has 2 aromatic rings. The summed E-state index contributed by atoms with van der Waals surface area (Å²) in [6.45, 7) is 10.0. The minimum Gasteiger partial charge on any atom is -0.462 e. The molecule has 2 N–H and O–H groups in total. The number of amides is 3. The van der Waals surface area contributed by atoms with Crippen LogP contribution in [0.25, 0.3) is 0 Å². The molecule has 1 aromatic heterocycles. The molecule has 3 rings (SSSR count). The van der Waals surface area contributed by atoms with E-state index in [-0.39, 0.29) is 24.2 Å². The fourth-order valence-corrected chi connectivity index (χ4v) is 5.84. The highest BCUT2D eigenvalue weighted by Crippen LogP contribution is 2.38. The van der Waals surface area contributed by atoms with Gasteiger partial charge in [-0.3, -0.25) is 9.59 Å². The van der Waals surface area contributed by atoms with E-state index in [0.29, 0.717) is 42.2 Å². The van der Waals surface area contributed by atoms with Crippen LogP contribution < -0.4 is 10.6 Å². The van der Waals surface area contributed by atoms with Gasteiger partial charge >= 0.3 is 12.1 Å². The van der Waals surface area contributed by atoms with Gasteiger partial charge in [-0.05, 0) is 64.3 Å². The molecule has 0 saturated carbocycles. The number of thiophene rings is 1. The average molecular weight is 562 g/mol. The monoisotopic (exact) mass is 561 g/mol. The zero-order valence-electron chi connectivity index (χ0n) is 22.5. The number of esters is 1. The van der Waals surface area contributed by atoms with Gasteiger partial charge in [0.15, 0.2) is 0 Å². The topological polar surface area (TPSA) is 114 Å². The van der Waals surface area contributed by atoms with Gasteiger partial charge in [0.25, 0.3) is 0 Å². The van der Waals surface area contributed by atoms with Gasteiger partial charge in [0, 0.05) is 28.4 Å². The smallest absolute Gasteiger partial charge is 0.410 e. The summed E-state index contributed by atoms with van der Waals surface area (Å²) in [5.41, 5.74) is 1.22. The highest BCUT2D eigenvalue weighted by Gasteiger charge is 2.32. The predicted molar refractivity (Wildman–Crippen MR) is 150 cm³/mol. The van der Waals surface area contributed by atoms with E-state index in [1.165, 1.54) is 23.1 Å². The Hall–Kier alpha value is -3.05. The van der Waals surface area contributed by atoms with Crippen LogP contribution >= 0.6 is 23.1 Å². The molecule has 38 heavy (non-hydrogen) atoms. The first-order valence-electron chi connectivity index (χ1n) is 12.6. The van der Waals surface area contributed by atoms with Crippen LogP contribution in [-0.2, 0) is 32.0 Å². The van der Waals surface area contributed by atoms with E-state index in [1.54, 1.807) is 17.9 Å². The number of hydrogen-bond donors (Lipinski definition) is 2. The second-order valence-corrected chi connectivity index (χ2v) is 11.9. The molecule has 1 aliphatic rings. The summed E-state index contributed by atoms with van der Waals surface area (Å²) in [5, 5.41) is 6.15. The van der Waals surface area contributed by atoms with E-state index in [9.17, 15) is 19.2 Å². The lowest BCUT2D eigenvalue weighted by atomic mass is 10.0. The highest BCUT2D eigenvalue weighted by atomic mass is 32.2. The molecule has 2 heterocycles. The van der Waals surface area contributed by atoms with Crippen molar-refractivity contribution in [2.45, 2.75) is 70.9 Å². The first kappa shape index (κ1) is 29.5. The summed E-state index contributed by atoms with van der Waals surface area (Å²) >= 11 is 2.61. The van der Waals surface area contributed by atoms with Crippen molar-refractivity contribution in [3.05, 3.63) is 40.3 Å². The molecule has 0 aliphatic carbocycles. The third-order valence-electron chi connectivity index (χ3n) is 5.41. The summed E-state index contributed by atoms with van der Waals surface area (Å²) in [7, 11) is 0. The first-order chi connectivity index (χ1) is 18.0. The number of rotatable bonds is 9. The van der Waals surface area contributed by atoms with Crippen LogP contribution in [0.15, 0.2) is 29.2 Å². The summed E-state index contributed by atoms with van der Waals surface area (Å²) in [6, 6.07) is 7.32. The van der Waals surface area contributed by atoms with Gasteiger partial charge in [-0.2, -0.15) is 0 Å². The van der Waals surface area contributed by atoms with Crippen molar-refractivity contribution in [3.8, 4) is 0 Å². The standard InChI is InChI=1S/C27H35N3O6S2/c1-6-9-21(31)28-17-10-8-11-18(14-17)37-16-22(32)29-24-23(25(33)35-7-2)19-12-13-30(15-20(19)38-24)26(34)36-27(3,4)5/h8,10-11,14H,6-7,9,12-13,15-16H2,1-5H3,(H,28,31)(H,29,32). The second kappa shape index (κ2) is 13.1. The van der Waals surface area contributed by atoms with E-state index in [1.807, 2.05) is 45.9 Å². The molecule has 206 valence electrons. The molecule has 0 fully saturated rings. The Morgan fingerprint density at radius 3 is 2.55 bits per heavy atom. The van der Waals surface area contributed by atoms with Crippen LogP contribution in [0.4, 0.5) is 15.5 Å². The van der Waals surface area contributed by atoms with Crippen LogP contribution in [0.1, 0.15) is 68.3 Å². The third-order valence-corrected chi connectivity index (χ3v) is 7.53. The van der Waals surface area contributed by atoms with Crippen molar-refractivity contribution in [2.24, 2.45) is 0 Å². The molecule has 0 radical (unpaired) electrons. The van der Waals surface area contributed by atoms with Gasteiger partial charge in [-0.25, -0.2) is 9.59 Å². The Kier molecular flexibility index (Phi) is 10.2. The van der Waals surface area contributed by atoms with Crippen LogP contribution in [-0.4, -0.2) is 53.3 Å². The summed E-state index contributed by atoms with van der Waals surface area (Å²) < 4.78 is 10.8. The molecule has 0 unspecified atom stereocenters. The van der Waals surface area contributed by atoms with Crippen LogP contribution in [0, 0.1) is 0 Å². The quantitative estimate of drug-likeness (QED) is 0.299. The molecule has 0 saturated heterocycles. The number of thioether (sulfide) groups is 1. The van der Waals surface area contributed by atoms with Gasteiger partial charge < -0.3 is 25.0 Å². The summed E-state index contributed by atoms with van der Waals surface area (Å²) in [4.78, 5) is 53.4. The van der Waals surface area contributed by atoms with Crippen molar-refractivity contribution in [3.63, 3.8) is 0 Å². The number of anilines is 2. The number of benzene rings is 1. The molecular formula is C27H35N3O6S2. The largest absolute Gasteiger partial charge is 0.462 e. The zero-order chi connectivity index (χ0) is 27.9. The molecule has 0 atom stereocenters. The Morgan fingerprint density at radius 1 is 1.11 bits per heavy atom. The lowest BCUT2D eigenvalue weighted by Gasteiger charge is -2.30. The predicted octanol–water partition coefficient (Wildman–Crippen LogP) is 5.69. The van der Waals surface area contributed by atoms with Gasteiger partial charge in [0.2, 0.25) is 11.8 Å². The number of carbonyl (C=O) groups excluding carboxylic acids is 4.